The summed E-state index contributed by atoms with van der Waals surface area (Å²) in [5.74, 6) is 2.40. The molecule has 3 N–H and O–H groups in total. The van der Waals surface area contributed by atoms with Crippen molar-refractivity contribution >= 4 is 35.6 Å². The Balaban J connectivity index is 0.000000806. The maximum Gasteiger partial charge on any atom is 0.290 e. The van der Waals surface area contributed by atoms with Crippen LogP contribution in [-0.4, -0.2) is 56.6 Å². The monoisotopic (exact) mass is 432 g/mol. The minimum Gasteiger partial charge on any atom is -0.483 e. The Kier molecular flexibility index (Phi) is 7.73. The number of carbonyl (C=O) groups excluding carboxylic acids is 2. The van der Waals surface area contributed by atoms with E-state index in [-0.39, 0.29) is 30.2 Å². The van der Waals surface area contributed by atoms with Crippen LogP contribution in [0.25, 0.3) is 5.52 Å². The highest BCUT2D eigenvalue weighted by Crippen LogP contribution is 2.26. The van der Waals surface area contributed by atoms with Gasteiger partial charge < -0.3 is 15.7 Å². The molecule has 30 heavy (non-hydrogen) atoms. The van der Waals surface area contributed by atoms with Crippen molar-refractivity contribution in [2.75, 3.05) is 11.5 Å². The van der Waals surface area contributed by atoms with Crippen LogP contribution in [0.3, 0.4) is 0 Å². The summed E-state index contributed by atoms with van der Waals surface area (Å²) < 4.78 is 1.74. The Morgan fingerprint density at radius 1 is 1.20 bits per heavy atom. The molecule has 2 fully saturated rings. The third-order valence-electron chi connectivity index (χ3n) is 5.70. The van der Waals surface area contributed by atoms with Crippen molar-refractivity contribution in [3.05, 3.63) is 35.7 Å². The van der Waals surface area contributed by atoms with Crippen LogP contribution in [0.5, 0.6) is 0 Å². The highest BCUT2D eigenvalue weighted by Gasteiger charge is 2.29. The van der Waals surface area contributed by atoms with Crippen molar-refractivity contribution in [1.29, 1.82) is 0 Å². The van der Waals surface area contributed by atoms with Crippen molar-refractivity contribution in [2.24, 2.45) is 5.92 Å². The first-order chi connectivity index (χ1) is 14.5. The van der Waals surface area contributed by atoms with E-state index in [9.17, 15) is 9.59 Å². The molecule has 9 heteroatoms. The smallest absolute Gasteiger partial charge is 0.290 e. The quantitative estimate of drug-likeness (QED) is 0.639. The van der Waals surface area contributed by atoms with E-state index >= 15 is 0 Å². The van der Waals surface area contributed by atoms with Gasteiger partial charge in [-0.25, -0.2) is 4.52 Å². The van der Waals surface area contributed by atoms with Crippen molar-refractivity contribution in [3.63, 3.8) is 0 Å². The van der Waals surface area contributed by atoms with Gasteiger partial charge in [-0.15, -0.1) is 0 Å². The van der Waals surface area contributed by atoms with Gasteiger partial charge in [0, 0.05) is 30.0 Å². The molecule has 3 heterocycles. The molecule has 4 rings (SSSR count). The second-order valence-electron chi connectivity index (χ2n) is 7.74. The standard InChI is InChI=1S/C20H26N4O2S.CH2O2/c1-13-3-2-9-24-18(13)17(11-21-24)20(26)22-15-6-4-14(5-7-15)19(25)23-16-8-10-27-12-16;2-1-3/h2-3,9,11,14-16H,4-8,10,12H2,1H3,(H,22,26)(H,23,25);1H,(H,2,3). The van der Waals surface area contributed by atoms with Crippen LogP contribution in [0.2, 0.25) is 0 Å². The molecule has 2 amide bonds. The molecule has 2 aromatic rings. The number of aryl methyl sites for hydroxylation is 1. The average Bonchev–Trinajstić information content (AvgIpc) is 3.39. The number of nitrogens with one attached hydrogen (secondary N) is 2. The number of carboxylic acid groups (broad SMARTS) is 1. The molecule has 0 bridgehead atoms. The molecule has 8 nitrogen and oxygen atoms in total. The zero-order chi connectivity index (χ0) is 21.5. The SMILES string of the molecule is Cc1cccn2ncc(C(=O)NC3CCC(C(=O)NC4CCSC4)CC3)c12.O=CO. The zero-order valence-corrected chi connectivity index (χ0v) is 17.9. The minimum absolute atomic E-state index is 0.0739. The first-order valence-corrected chi connectivity index (χ1v) is 11.4. The molecule has 1 saturated carbocycles. The van der Waals surface area contributed by atoms with Crippen LogP contribution in [0.4, 0.5) is 0 Å². The van der Waals surface area contributed by atoms with E-state index in [4.69, 9.17) is 9.90 Å². The number of thioether (sulfide) groups is 1. The lowest BCUT2D eigenvalue weighted by molar-refractivity contribution is -0.126. The fourth-order valence-electron chi connectivity index (χ4n) is 4.11. The predicted octanol–water partition coefficient (Wildman–Crippen LogP) is 2.25. The molecule has 0 spiro atoms. The Bertz CT molecular complexity index is 886. The van der Waals surface area contributed by atoms with Crippen LogP contribution in [-0.2, 0) is 9.59 Å². The normalized spacial score (nSPS) is 23.3. The lowest BCUT2D eigenvalue weighted by Gasteiger charge is -2.29. The van der Waals surface area contributed by atoms with Crippen LogP contribution >= 0.6 is 11.8 Å². The number of pyridine rings is 1. The summed E-state index contributed by atoms with van der Waals surface area (Å²) in [4.78, 5) is 33.5. The first kappa shape index (κ1) is 22.1. The van der Waals surface area contributed by atoms with Gasteiger partial charge >= 0.3 is 0 Å². The second-order valence-corrected chi connectivity index (χ2v) is 8.89. The van der Waals surface area contributed by atoms with Crippen LogP contribution in [0.15, 0.2) is 24.5 Å². The van der Waals surface area contributed by atoms with E-state index in [0.717, 1.165) is 54.7 Å². The number of rotatable bonds is 4. The van der Waals surface area contributed by atoms with Gasteiger partial charge in [-0.2, -0.15) is 16.9 Å². The Hall–Kier alpha value is -2.55. The van der Waals surface area contributed by atoms with Gasteiger partial charge in [0.2, 0.25) is 5.91 Å². The summed E-state index contributed by atoms with van der Waals surface area (Å²) >= 11 is 1.91. The van der Waals surface area contributed by atoms with Crippen molar-refractivity contribution in [2.45, 2.75) is 51.1 Å². The molecule has 1 unspecified atom stereocenters. The van der Waals surface area contributed by atoms with E-state index < -0.39 is 0 Å². The van der Waals surface area contributed by atoms with Crippen LogP contribution < -0.4 is 10.6 Å². The lowest BCUT2D eigenvalue weighted by Crippen LogP contribution is -2.43. The van der Waals surface area contributed by atoms with Gasteiger partial charge in [0.25, 0.3) is 12.4 Å². The van der Waals surface area contributed by atoms with Crippen molar-refractivity contribution in [1.82, 2.24) is 20.2 Å². The van der Waals surface area contributed by atoms with Gasteiger partial charge in [-0.05, 0) is 56.4 Å². The molecule has 0 radical (unpaired) electrons. The number of hydrogen-bond acceptors (Lipinski definition) is 5. The van der Waals surface area contributed by atoms with Gasteiger partial charge in [-0.1, -0.05) is 6.07 Å². The van der Waals surface area contributed by atoms with Gasteiger partial charge in [0.1, 0.15) is 0 Å². The largest absolute Gasteiger partial charge is 0.483 e. The maximum absolute atomic E-state index is 12.7. The van der Waals surface area contributed by atoms with Crippen LogP contribution in [0.1, 0.15) is 48.0 Å². The highest BCUT2D eigenvalue weighted by atomic mass is 32.2. The van der Waals surface area contributed by atoms with E-state index in [1.807, 2.05) is 37.0 Å². The summed E-state index contributed by atoms with van der Waals surface area (Å²) in [7, 11) is 0. The summed E-state index contributed by atoms with van der Waals surface area (Å²) in [6.07, 6.45) is 7.95. The Morgan fingerprint density at radius 2 is 1.93 bits per heavy atom. The third-order valence-corrected chi connectivity index (χ3v) is 6.86. The molecule has 1 saturated heterocycles. The van der Waals surface area contributed by atoms with Gasteiger partial charge in [0.15, 0.2) is 0 Å². The molecule has 162 valence electrons. The molecule has 1 atom stereocenters. The molecular formula is C21H28N4O4S. The molecule has 2 aromatic heterocycles. The second kappa shape index (κ2) is 10.5. The number of amides is 2. The van der Waals surface area contributed by atoms with E-state index in [2.05, 4.69) is 15.7 Å². The van der Waals surface area contributed by atoms with Crippen molar-refractivity contribution in [3.8, 4) is 0 Å². The number of hydrogen-bond donors (Lipinski definition) is 3. The molecule has 0 aromatic carbocycles. The predicted molar refractivity (Wildman–Crippen MR) is 116 cm³/mol. The topological polar surface area (TPSA) is 113 Å². The zero-order valence-electron chi connectivity index (χ0n) is 17.0. The van der Waals surface area contributed by atoms with E-state index in [0.29, 0.717) is 11.6 Å². The fraction of sp³-hybridized carbons (Fsp3) is 0.524. The summed E-state index contributed by atoms with van der Waals surface area (Å²) in [6, 6.07) is 4.38. The number of aromatic nitrogens is 2. The number of carbonyl (C=O) groups is 3. The number of fused-ring (bicyclic) bond motifs is 1. The Labute approximate surface area is 179 Å². The minimum atomic E-state index is -0.250. The van der Waals surface area contributed by atoms with E-state index in [1.54, 1.807) is 10.7 Å². The Morgan fingerprint density at radius 3 is 2.60 bits per heavy atom. The van der Waals surface area contributed by atoms with Crippen molar-refractivity contribution < 1.29 is 19.5 Å². The average molecular weight is 433 g/mol. The highest BCUT2D eigenvalue weighted by molar-refractivity contribution is 7.99. The molecule has 2 aliphatic rings. The van der Waals surface area contributed by atoms with Gasteiger partial charge in [0.05, 0.1) is 17.3 Å². The summed E-state index contributed by atoms with van der Waals surface area (Å²) in [5, 5.41) is 17.5. The number of nitrogens with zero attached hydrogens (tertiary/aromatic N) is 2. The maximum atomic E-state index is 12.7. The molecule has 1 aliphatic carbocycles. The lowest BCUT2D eigenvalue weighted by atomic mass is 9.85. The fourth-order valence-corrected chi connectivity index (χ4v) is 5.27. The summed E-state index contributed by atoms with van der Waals surface area (Å²) in [5.41, 5.74) is 2.51. The molecular weight excluding hydrogens is 404 g/mol. The van der Waals surface area contributed by atoms with E-state index in [1.165, 1.54) is 0 Å². The summed E-state index contributed by atoms with van der Waals surface area (Å²) in [6.45, 7) is 1.74. The van der Waals surface area contributed by atoms with Crippen LogP contribution in [0, 0.1) is 12.8 Å². The molecule has 1 aliphatic heterocycles. The third kappa shape index (κ3) is 5.33. The first-order valence-electron chi connectivity index (χ1n) is 10.2. The van der Waals surface area contributed by atoms with Gasteiger partial charge in [-0.3, -0.25) is 14.4 Å².